The first-order chi connectivity index (χ1) is 9.02. The zero-order valence-electron chi connectivity index (χ0n) is 11.5. The molecular weight excluding hydrogens is 258 g/mol. The van der Waals surface area contributed by atoms with E-state index >= 15 is 0 Å². The highest BCUT2D eigenvalue weighted by Crippen LogP contribution is 2.25. The van der Waals surface area contributed by atoms with Crippen molar-refractivity contribution in [3.63, 3.8) is 0 Å². The highest BCUT2D eigenvalue weighted by Gasteiger charge is 2.18. The highest BCUT2D eigenvalue weighted by atomic mass is 32.1. The van der Waals surface area contributed by atoms with Gasteiger partial charge in [-0.15, -0.1) is 0 Å². The smallest absolute Gasteiger partial charge is 0.254 e. The van der Waals surface area contributed by atoms with E-state index in [1.165, 1.54) is 11.3 Å². The molecular formula is C14H19N3OS. The summed E-state index contributed by atoms with van der Waals surface area (Å²) in [4.78, 5) is 18.6. The lowest BCUT2D eigenvalue weighted by Gasteiger charge is -2.26. The molecule has 0 aliphatic heterocycles. The first-order valence-electron chi connectivity index (χ1n) is 6.50. The number of nitrogens with two attached hydrogens (primary N) is 1. The summed E-state index contributed by atoms with van der Waals surface area (Å²) in [5.74, 6) is 0.0747. The number of nitrogens with zero attached hydrogens (tertiary/aromatic N) is 2. The number of fused-ring (bicyclic) bond motifs is 1. The van der Waals surface area contributed by atoms with E-state index in [0.717, 1.165) is 23.2 Å². The van der Waals surface area contributed by atoms with Crippen LogP contribution in [0, 0.1) is 0 Å². The maximum absolute atomic E-state index is 12.5. The number of carbonyl (C=O) groups is 1. The van der Waals surface area contributed by atoms with E-state index in [-0.39, 0.29) is 11.9 Å². The predicted octanol–water partition coefficient (Wildman–Crippen LogP) is 3.14. The Bertz CT molecular complexity index is 591. The van der Waals surface area contributed by atoms with Gasteiger partial charge in [0.1, 0.15) is 0 Å². The standard InChI is InChI=1S/C14H19N3OS/c1-4-7-17(9(2)3)13(18)10-5-6-11-12(8-10)19-14(15)16-11/h5-6,8-9H,4,7H2,1-3H3,(H2,15,16). The van der Waals surface area contributed by atoms with Crippen LogP contribution >= 0.6 is 11.3 Å². The van der Waals surface area contributed by atoms with Crippen molar-refractivity contribution in [2.45, 2.75) is 33.2 Å². The molecule has 5 heteroatoms. The summed E-state index contributed by atoms with van der Waals surface area (Å²) in [5, 5.41) is 0.536. The number of carbonyl (C=O) groups excluding carboxylic acids is 1. The molecule has 0 spiro atoms. The first kappa shape index (κ1) is 13.8. The Labute approximate surface area is 117 Å². The second kappa shape index (κ2) is 5.57. The van der Waals surface area contributed by atoms with Crippen molar-refractivity contribution >= 4 is 32.6 Å². The van der Waals surface area contributed by atoms with Gasteiger partial charge in [0.25, 0.3) is 5.91 Å². The summed E-state index contributed by atoms with van der Waals surface area (Å²) in [6, 6.07) is 5.78. The number of rotatable bonds is 4. The van der Waals surface area contributed by atoms with Crippen molar-refractivity contribution in [2.75, 3.05) is 12.3 Å². The van der Waals surface area contributed by atoms with E-state index in [9.17, 15) is 4.79 Å². The minimum atomic E-state index is 0.0747. The third-order valence-electron chi connectivity index (χ3n) is 3.00. The minimum absolute atomic E-state index is 0.0747. The Balaban J connectivity index is 2.34. The van der Waals surface area contributed by atoms with E-state index in [1.54, 1.807) is 0 Å². The van der Waals surface area contributed by atoms with E-state index in [4.69, 9.17) is 5.73 Å². The number of aromatic nitrogens is 1. The fourth-order valence-electron chi connectivity index (χ4n) is 2.08. The minimum Gasteiger partial charge on any atom is -0.375 e. The van der Waals surface area contributed by atoms with Crippen LogP contribution in [0.1, 0.15) is 37.6 Å². The summed E-state index contributed by atoms with van der Waals surface area (Å²) in [6.45, 7) is 6.93. The molecule has 0 aliphatic carbocycles. The van der Waals surface area contributed by atoms with Crippen LogP contribution < -0.4 is 5.73 Å². The molecule has 1 heterocycles. The number of thiazole rings is 1. The van der Waals surface area contributed by atoms with E-state index in [2.05, 4.69) is 11.9 Å². The lowest BCUT2D eigenvalue weighted by Crippen LogP contribution is -2.37. The molecule has 0 atom stereocenters. The average Bonchev–Trinajstić information content (AvgIpc) is 2.73. The van der Waals surface area contributed by atoms with Gasteiger partial charge in [0.2, 0.25) is 0 Å². The Morgan fingerprint density at radius 1 is 1.47 bits per heavy atom. The van der Waals surface area contributed by atoms with E-state index < -0.39 is 0 Å². The van der Waals surface area contributed by atoms with Gasteiger partial charge in [0, 0.05) is 18.2 Å². The number of benzene rings is 1. The zero-order chi connectivity index (χ0) is 14.0. The molecule has 0 unspecified atom stereocenters. The molecule has 1 aromatic heterocycles. The fourth-order valence-corrected chi connectivity index (χ4v) is 2.85. The quantitative estimate of drug-likeness (QED) is 0.934. The maximum atomic E-state index is 12.5. The normalized spacial score (nSPS) is 11.2. The molecule has 0 aliphatic rings. The monoisotopic (exact) mass is 277 g/mol. The number of nitrogen functional groups attached to an aromatic ring is 1. The lowest BCUT2D eigenvalue weighted by molar-refractivity contribution is 0.0706. The van der Waals surface area contributed by atoms with Crippen molar-refractivity contribution in [2.24, 2.45) is 0 Å². The van der Waals surface area contributed by atoms with Crippen molar-refractivity contribution in [1.29, 1.82) is 0 Å². The molecule has 0 radical (unpaired) electrons. The average molecular weight is 277 g/mol. The third kappa shape index (κ3) is 2.87. The number of anilines is 1. The van der Waals surface area contributed by atoms with E-state index in [1.807, 2.05) is 36.9 Å². The maximum Gasteiger partial charge on any atom is 0.254 e. The van der Waals surface area contributed by atoms with Crippen LogP contribution in [0.4, 0.5) is 5.13 Å². The van der Waals surface area contributed by atoms with Gasteiger partial charge in [-0.2, -0.15) is 0 Å². The molecule has 102 valence electrons. The number of amides is 1. The van der Waals surface area contributed by atoms with Crippen molar-refractivity contribution in [3.8, 4) is 0 Å². The summed E-state index contributed by atoms with van der Waals surface area (Å²) in [6.07, 6.45) is 0.958. The van der Waals surface area contributed by atoms with Crippen LogP contribution in [-0.4, -0.2) is 28.4 Å². The van der Waals surface area contributed by atoms with Gasteiger partial charge in [-0.05, 0) is 38.5 Å². The molecule has 0 fully saturated rings. The van der Waals surface area contributed by atoms with Crippen LogP contribution in [0.2, 0.25) is 0 Å². The zero-order valence-corrected chi connectivity index (χ0v) is 12.3. The SMILES string of the molecule is CCCN(C(=O)c1ccc2nc(N)sc2c1)C(C)C. The third-order valence-corrected chi connectivity index (χ3v) is 3.85. The summed E-state index contributed by atoms with van der Waals surface area (Å²) in [7, 11) is 0. The molecule has 0 bridgehead atoms. The first-order valence-corrected chi connectivity index (χ1v) is 7.31. The Morgan fingerprint density at radius 2 is 2.21 bits per heavy atom. The largest absolute Gasteiger partial charge is 0.375 e. The summed E-state index contributed by atoms with van der Waals surface area (Å²) in [5.41, 5.74) is 7.24. The second-order valence-corrected chi connectivity index (χ2v) is 5.89. The fraction of sp³-hybridized carbons (Fsp3) is 0.429. The topological polar surface area (TPSA) is 59.2 Å². The summed E-state index contributed by atoms with van der Waals surface area (Å²) < 4.78 is 0.962. The molecule has 19 heavy (non-hydrogen) atoms. The Kier molecular flexibility index (Phi) is 4.04. The van der Waals surface area contributed by atoms with Crippen molar-refractivity contribution < 1.29 is 4.79 Å². The molecule has 0 saturated carbocycles. The molecule has 2 N–H and O–H groups in total. The van der Waals surface area contributed by atoms with Crippen LogP contribution in [0.15, 0.2) is 18.2 Å². The van der Waals surface area contributed by atoms with Crippen molar-refractivity contribution in [3.05, 3.63) is 23.8 Å². The molecule has 1 aromatic carbocycles. The van der Waals surface area contributed by atoms with Crippen LogP contribution in [0.5, 0.6) is 0 Å². The van der Waals surface area contributed by atoms with Crippen LogP contribution in [-0.2, 0) is 0 Å². The van der Waals surface area contributed by atoms with Gasteiger partial charge in [0.15, 0.2) is 5.13 Å². The van der Waals surface area contributed by atoms with Gasteiger partial charge >= 0.3 is 0 Å². The van der Waals surface area contributed by atoms with Crippen molar-refractivity contribution in [1.82, 2.24) is 9.88 Å². The number of hydrogen-bond acceptors (Lipinski definition) is 4. The van der Waals surface area contributed by atoms with Gasteiger partial charge in [-0.3, -0.25) is 4.79 Å². The highest BCUT2D eigenvalue weighted by molar-refractivity contribution is 7.22. The number of hydrogen-bond donors (Lipinski definition) is 1. The molecule has 1 amide bonds. The molecule has 0 saturated heterocycles. The molecule has 4 nitrogen and oxygen atoms in total. The van der Waals surface area contributed by atoms with Gasteiger partial charge in [-0.1, -0.05) is 18.3 Å². The molecule has 2 rings (SSSR count). The lowest BCUT2D eigenvalue weighted by atomic mass is 10.1. The van der Waals surface area contributed by atoms with E-state index in [0.29, 0.717) is 10.7 Å². The van der Waals surface area contributed by atoms with Gasteiger partial charge < -0.3 is 10.6 Å². The predicted molar refractivity (Wildman–Crippen MR) is 80.5 cm³/mol. The van der Waals surface area contributed by atoms with Crippen LogP contribution in [0.25, 0.3) is 10.2 Å². The Hall–Kier alpha value is -1.62. The van der Waals surface area contributed by atoms with Crippen LogP contribution in [0.3, 0.4) is 0 Å². The second-order valence-electron chi connectivity index (χ2n) is 4.83. The van der Waals surface area contributed by atoms with Gasteiger partial charge in [-0.25, -0.2) is 4.98 Å². The summed E-state index contributed by atoms with van der Waals surface area (Å²) >= 11 is 1.41. The van der Waals surface area contributed by atoms with Gasteiger partial charge in [0.05, 0.1) is 10.2 Å². The Morgan fingerprint density at radius 3 is 2.84 bits per heavy atom. The molecule has 2 aromatic rings.